The highest BCUT2D eigenvalue weighted by atomic mass is 35.5. The summed E-state index contributed by atoms with van der Waals surface area (Å²) in [5, 5.41) is 3.59. The number of nitrogens with one attached hydrogen (secondary N) is 1. The molecule has 1 aromatic rings. The topological polar surface area (TPSA) is 67.9 Å². The SMILES string of the molecule is CC(C)OCCCNC(=O)[C@H]1[C@@H]2C=C[C@]3(CN(Cc4ccccc4Cl)C(=O)[C@H]13)O2. The zero-order valence-corrected chi connectivity index (χ0v) is 17.5. The van der Waals surface area contributed by atoms with Crippen molar-refractivity contribution in [3.63, 3.8) is 0 Å². The number of carbonyl (C=O) groups excluding carboxylic acids is 2. The fourth-order valence-electron chi connectivity index (χ4n) is 4.56. The van der Waals surface area contributed by atoms with Gasteiger partial charge in [0.25, 0.3) is 0 Å². The number of rotatable bonds is 8. The minimum atomic E-state index is -0.703. The van der Waals surface area contributed by atoms with Crippen LogP contribution in [0.25, 0.3) is 0 Å². The highest BCUT2D eigenvalue weighted by Crippen LogP contribution is 2.52. The molecule has 1 aromatic carbocycles. The molecule has 6 nitrogen and oxygen atoms in total. The van der Waals surface area contributed by atoms with Crippen molar-refractivity contribution in [2.24, 2.45) is 11.8 Å². The standard InChI is InChI=1S/C22H27ClN2O4/c1-14(2)28-11-5-10-24-20(26)18-17-8-9-22(29-17)13-25(21(27)19(18)22)12-15-6-3-4-7-16(15)23/h3-4,6-9,14,17-19H,5,10-13H2,1-2H3,(H,24,26)/t17-,18-,19-,22+/m0/s1. The molecule has 2 saturated heterocycles. The van der Waals surface area contributed by atoms with E-state index in [2.05, 4.69) is 5.32 Å². The number of hydrogen-bond donors (Lipinski definition) is 1. The molecule has 2 amide bonds. The molecule has 1 spiro atoms. The predicted octanol–water partition coefficient (Wildman–Crippen LogP) is 2.55. The lowest BCUT2D eigenvalue weighted by atomic mass is 9.77. The van der Waals surface area contributed by atoms with E-state index in [-0.39, 0.29) is 24.0 Å². The molecule has 2 fully saturated rings. The summed E-state index contributed by atoms with van der Waals surface area (Å²) in [5.74, 6) is -1.13. The van der Waals surface area contributed by atoms with E-state index >= 15 is 0 Å². The first-order chi connectivity index (χ1) is 13.9. The Hall–Kier alpha value is -1.89. The number of fused-ring (bicyclic) bond motifs is 1. The van der Waals surface area contributed by atoms with Crippen LogP contribution < -0.4 is 5.32 Å². The average Bonchev–Trinajstić information content (AvgIpc) is 3.31. The van der Waals surface area contributed by atoms with Gasteiger partial charge in [-0.25, -0.2) is 0 Å². The van der Waals surface area contributed by atoms with Crippen LogP contribution in [0, 0.1) is 11.8 Å². The first-order valence-electron chi connectivity index (χ1n) is 10.2. The molecule has 7 heteroatoms. The van der Waals surface area contributed by atoms with Crippen LogP contribution in [0.5, 0.6) is 0 Å². The molecule has 3 heterocycles. The second-order valence-corrected chi connectivity index (χ2v) is 8.66. The molecular weight excluding hydrogens is 392 g/mol. The number of ether oxygens (including phenoxy) is 2. The summed E-state index contributed by atoms with van der Waals surface area (Å²) in [6.07, 6.45) is 4.47. The third-order valence-electron chi connectivity index (χ3n) is 5.87. The van der Waals surface area contributed by atoms with E-state index in [1.54, 1.807) is 4.90 Å². The van der Waals surface area contributed by atoms with Crippen LogP contribution in [0.3, 0.4) is 0 Å². The normalized spacial score (nSPS) is 29.7. The van der Waals surface area contributed by atoms with Gasteiger partial charge in [0.2, 0.25) is 11.8 Å². The van der Waals surface area contributed by atoms with Gasteiger partial charge in [-0.1, -0.05) is 42.0 Å². The van der Waals surface area contributed by atoms with Crippen LogP contribution >= 0.6 is 11.6 Å². The zero-order valence-electron chi connectivity index (χ0n) is 16.8. The Balaban J connectivity index is 1.42. The number of hydrogen-bond acceptors (Lipinski definition) is 4. The Bertz CT molecular complexity index is 827. The number of amides is 2. The Kier molecular flexibility index (Phi) is 5.69. The van der Waals surface area contributed by atoms with E-state index in [4.69, 9.17) is 21.1 Å². The van der Waals surface area contributed by atoms with Crippen molar-refractivity contribution in [3.05, 3.63) is 47.0 Å². The lowest BCUT2D eigenvalue weighted by molar-refractivity contribution is -0.137. The first-order valence-corrected chi connectivity index (χ1v) is 10.6. The number of likely N-dealkylation sites (tertiary alicyclic amines) is 1. The molecule has 156 valence electrons. The second-order valence-electron chi connectivity index (χ2n) is 8.25. The number of benzene rings is 1. The van der Waals surface area contributed by atoms with E-state index in [1.807, 2.05) is 50.3 Å². The fraction of sp³-hybridized carbons (Fsp3) is 0.545. The first kappa shape index (κ1) is 20.4. The van der Waals surface area contributed by atoms with E-state index in [0.717, 1.165) is 12.0 Å². The summed E-state index contributed by atoms with van der Waals surface area (Å²) in [5.41, 5.74) is 0.190. The fourth-order valence-corrected chi connectivity index (χ4v) is 4.76. The van der Waals surface area contributed by atoms with Gasteiger partial charge < -0.3 is 19.7 Å². The van der Waals surface area contributed by atoms with E-state index < -0.39 is 17.4 Å². The van der Waals surface area contributed by atoms with Crippen LogP contribution in [0.4, 0.5) is 0 Å². The van der Waals surface area contributed by atoms with Crippen molar-refractivity contribution < 1.29 is 19.1 Å². The smallest absolute Gasteiger partial charge is 0.230 e. The van der Waals surface area contributed by atoms with Gasteiger partial charge in [0.05, 0.1) is 30.6 Å². The third-order valence-corrected chi connectivity index (χ3v) is 6.24. The molecule has 0 unspecified atom stereocenters. The minimum absolute atomic E-state index is 0.0416. The summed E-state index contributed by atoms with van der Waals surface area (Å²) >= 11 is 6.27. The second kappa shape index (κ2) is 8.09. The molecule has 0 aliphatic carbocycles. The van der Waals surface area contributed by atoms with Crippen LogP contribution in [-0.4, -0.2) is 54.2 Å². The van der Waals surface area contributed by atoms with E-state index in [0.29, 0.717) is 31.3 Å². The van der Waals surface area contributed by atoms with Gasteiger partial charge in [-0.15, -0.1) is 0 Å². The van der Waals surface area contributed by atoms with Gasteiger partial charge in [0.15, 0.2) is 0 Å². The lowest BCUT2D eigenvalue weighted by Gasteiger charge is -2.23. The zero-order chi connectivity index (χ0) is 20.6. The average molecular weight is 419 g/mol. The molecular formula is C22H27ClN2O4. The Morgan fingerprint density at radius 2 is 2.21 bits per heavy atom. The summed E-state index contributed by atoms with van der Waals surface area (Å²) in [7, 11) is 0. The van der Waals surface area contributed by atoms with Crippen LogP contribution in [0.2, 0.25) is 5.02 Å². The highest BCUT2D eigenvalue weighted by Gasteiger charge is 2.66. The third kappa shape index (κ3) is 3.81. The molecule has 0 aromatic heterocycles. The molecule has 4 atom stereocenters. The highest BCUT2D eigenvalue weighted by molar-refractivity contribution is 6.31. The predicted molar refractivity (Wildman–Crippen MR) is 109 cm³/mol. The van der Waals surface area contributed by atoms with E-state index in [1.165, 1.54) is 0 Å². The molecule has 3 aliphatic heterocycles. The van der Waals surface area contributed by atoms with Crippen molar-refractivity contribution in [2.75, 3.05) is 19.7 Å². The van der Waals surface area contributed by atoms with Gasteiger partial charge in [0.1, 0.15) is 5.60 Å². The maximum atomic E-state index is 13.2. The van der Waals surface area contributed by atoms with Crippen LogP contribution in [0.1, 0.15) is 25.8 Å². The minimum Gasteiger partial charge on any atom is -0.379 e. The number of carbonyl (C=O) groups is 2. The maximum absolute atomic E-state index is 13.2. The molecule has 0 radical (unpaired) electrons. The van der Waals surface area contributed by atoms with Crippen molar-refractivity contribution >= 4 is 23.4 Å². The Labute approximate surface area is 176 Å². The summed E-state index contributed by atoms with van der Waals surface area (Å²) in [4.78, 5) is 27.9. The van der Waals surface area contributed by atoms with Gasteiger partial charge in [-0.2, -0.15) is 0 Å². The van der Waals surface area contributed by atoms with Gasteiger partial charge in [-0.05, 0) is 31.9 Å². The van der Waals surface area contributed by atoms with Gasteiger partial charge in [-0.3, -0.25) is 9.59 Å². The number of nitrogens with zero attached hydrogens (tertiary/aromatic N) is 1. The van der Waals surface area contributed by atoms with Crippen molar-refractivity contribution in [3.8, 4) is 0 Å². The molecule has 29 heavy (non-hydrogen) atoms. The van der Waals surface area contributed by atoms with Crippen molar-refractivity contribution in [1.29, 1.82) is 0 Å². The molecule has 0 saturated carbocycles. The van der Waals surface area contributed by atoms with Crippen LogP contribution in [-0.2, 0) is 25.6 Å². The molecule has 2 bridgehead atoms. The Morgan fingerprint density at radius 3 is 2.97 bits per heavy atom. The molecule has 3 aliphatic rings. The summed E-state index contributed by atoms with van der Waals surface area (Å²) in [6.45, 7) is 5.95. The molecule has 4 rings (SSSR count). The van der Waals surface area contributed by atoms with Crippen LogP contribution in [0.15, 0.2) is 36.4 Å². The number of halogens is 1. The van der Waals surface area contributed by atoms with Gasteiger partial charge >= 0.3 is 0 Å². The van der Waals surface area contributed by atoms with E-state index in [9.17, 15) is 9.59 Å². The quantitative estimate of drug-likeness (QED) is 0.520. The monoisotopic (exact) mass is 418 g/mol. The van der Waals surface area contributed by atoms with Gasteiger partial charge in [0, 0.05) is 24.7 Å². The maximum Gasteiger partial charge on any atom is 0.230 e. The lowest BCUT2D eigenvalue weighted by Crippen LogP contribution is -2.44. The summed E-state index contributed by atoms with van der Waals surface area (Å²) in [6, 6.07) is 7.50. The molecule has 1 N–H and O–H groups in total. The van der Waals surface area contributed by atoms with Crippen molar-refractivity contribution in [1.82, 2.24) is 10.2 Å². The largest absolute Gasteiger partial charge is 0.379 e. The van der Waals surface area contributed by atoms with Crippen molar-refractivity contribution in [2.45, 2.75) is 44.6 Å². The summed E-state index contributed by atoms with van der Waals surface area (Å²) < 4.78 is 11.7. The Morgan fingerprint density at radius 1 is 1.41 bits per heavy atom.